The third kappa shape index (κ3) is 2.11. The number of terminal acetylenes is 1. The number of benzene rings is 1. The second-order valence-corrected chi connectivity index (χ2v) is 3.86. The molecule has 2 nitrogen and oxygen atoms in total. The van der Waals surface area contributed by atoms with Crippen LogP contribution in [-0.4, -0.2) is 6.04 Å². The zero-order valence-electron chi connectivity index (χ0n) is 8.40. The van der Waals surface area contributed by atoms with Crippen molar-refractivity contribution < 1.29 is 0 Å². The van der Waals surface area contributed by atoms with Gasteiger partial charge in [0.1, 0.15) is 0 Å². The third-order valence-electron chi connectivity index (χ3n) is 2.72. The normalized spacial score (nSPS) is 23.3. The smallest absolute Gasteiger partial charge is 0.0657 e. The summed E-state index contributed by atoms with van der Waals surface area (Å²) in [6.45, 7) is 0. The van der Waals surface area contributed by atoms with Gasteiger partial charge in [-0.3, -0.25) is 0 Å². The number of rotatable bonds is 2. The third-order valence-corrected chi connectivity index (χ3v) is 2.72. The average molecular weight is 196 g/mol. The lowest BCUT2D eigenvalue weighted by atomic mass is 9.81. The lowest BCUT2D eigenvalue weighted by molar-refractivity contribution is 0.354. The van der Waals surface area contributed by atoms with Gasteiger partial charge in [0.2, 0.25) is 0 Å². The summed E-state index contributed by atoms with van der Waals surface area (Å²) < 4.78 is 0. The van der Waals surface area contributed by atoms with Gasteiger partial charge in [-0.05, 0) is 31.0 Å². The Morgan fingerprint density at radius 1 is 1.40 bits per heavy atom. The molecule has 15 heavy (non-hydrogen) atoms. The first-order valence-corrected chi connectivity index (χ1v) is 5.04. The molecule has 0 heterocycles. The lowest BCUT2D eigenvalue weighted by Crippen LogP contribution is -2.34. The Balaban J connectivity index is 1.95. The van der Waals surface area contributed by atoms with Crippen molar-refractivity contribution in [3.8, 4) is 18.4 Å². The molecule has 1 aliphatic rings. The fourth-order valence-corrected chi connectivity index (χ4v) is 1.78. The summed E-state index contributed by atoms with van der Waals surface area (Å²) in [5, 5.41) is 12.0. The second kappa shape index (κ2) is 4.07. The van der Waals surface area contributed by atoms with Gasteiger partial charge in [-0.2, -0.15) is 5.26 Å². The molecule has 1 fully saturated rings. The number of nitriles is 1. The van der Waals surface area contributed by atoms with Crippen molar-refractivity contribution >= 4 is 5.69 Å². The average Bonchev–Trinajstić information content (AvgIpc) is 2.23. The minimum Gasteiger partial charge on any atom is -0.382 e. The maximum Gasteiger partial charge on any atom is 0.0657 e. The quantitative estimate of drug-likeness (QED) is 0.737. The van der Waals surface area contributed by atoms with E-state index in [1.807, 2.05) is 24.3 Å². The maximum absolute atomic E-state index is 8.65. The SMILES string of the molecule is C#Cc1cccc(NC2CC(C#N)C2)c1. The molecule has 1 aliphatic carbocycles. The number of anilines is 1. The Hall–Kier alpha value is -1.93. The summed E-state index contributed by atoms with van der Waals surface area (Å²) in [4.78, 5) is 0. The molecule has 0 amide bonds. The van der Waals surface area contributed by atoms with Crippen LogP contribution in [0.15, 0.2) is 24.3 Å². The first kappa shape index (κ1) is 9.62. The van der Waals surface area contributed by atoms with Crippen LogP contribution in [0, 0.1) is 29.6 Å². The van der Waals surface area contributed by atoms with E-state index in [9.17, 15) is 0 Å². The molecule has 0 aromatic heterocycles. The molecule has 1 aromatic rings. The fourth-order valence-electron chi connectivity index (χ4n) is 1.78. The maximum atomic E-state index is 8.65. The van der Waals surface area contributed by atoms with Crippen molar-refractivity contribution in [2.45, 2.75) is 18.9 Å². The van der Waals surface area contributed by atoms with Crippen LogP contribution in [0.3, 0.4) is 0 Å². The largest absolute Gasteiger partial charge is 0.382 e. The molecule has 0 atom stereocenters. The zero-order valence-corrected chi connectivity index (χ0v) is 8.40. The van der Waals surface area contributed by atoms with Crippen molar-refractivity contribution in [1.29, 1.82) is 5.26 Å². The lowest BCUT2D eigenvalue weighted by Gasteiger charge is -2.32. The van der Waals surface area contributed by atoms with Crippen molar-refractivity contribution in [1.82, 2.24) is 0 Å². The van der Waals surface area contributed by atoms with E-state index in [1.165, 1.54) is 0 Å². The van der Waals surface area contributed by atoms with E-state index < -0.39 is 0 Å². The molecule has 0 spiro atoms. The van der Waals surface area contributed by atoms with E-state index in [0.717, 1.165) is 24.1 Å². The van der Waals surface area contributed by atoms with Gasteiger partial charge >= 0.3 is 0 Å². The molecule has 2 heteroatoms. The topological polar surface area (TPSA) is 35.8 Å². The molecule has 2 rings (SSSR count). The summed E-state index contributed by atoms with van der Waals surface area (Å²) in [6.07, 6.45) is 7.20. The molecule has 0 radical (unpaired) electrons. The van der Waals surface area contributed by atoms with E-state index in [0.29, 0.717) is 6.04 Å². The highest BCUT2D eigenvalue weighted by Crippen LogP contribution is 2.29. The predicted octanol–water partition coefficient (Wildman–Crippen LogP) is 2.38. The Morgan fingerprint density at radius 3 is 2.87 bits per heavy atom. The molecule has 1 saturated carbocycles. The van der Waals surface area contributed by atoms with E-state index in [2.05, 4.69) is 17.3 Å². The van der Waals surface area contributed by atoms with E-state index >= 15 is 0 Å². The van der Waals surface area contributed by atoms with Crippen LogP contribution in [0.25, 0.3) is 0 Å². The Labute approximate surface area is 89.9 Å². The number of hydrogen-bond acceptors (Lipinski definition) is 2. The summed E-state index contributed by atoms with van der Waals surface area (Å²) in [6, 6.07) is 10.5. The van der Waals surface area contributed by atoms with Crippen LogP contribution in [0.2, 0.25) is 0 Å². The first-order valence-electron chi connectivity index (χ1n) is 5.04. The van der Waals surface area contributed by atoms with Crippen LogP contribution in [-0.2, 0) is 0 Å². The summed E-state index contributed by atoms with van der Waals surface area (Å²) >= 11 is 0. The van der Waals surface area contributed by atoms with Gasteiger partial charge in [0.25, 0.3) is 0 Å². The summed E-state index contributed by atoms with van der Waals surface area (Å²) in [7, 11) is 0. The van der Waals surface area contributed by atoms with Crippen molar-refractivity contribution in [3.63, 3.8) is 0 Å². The fraction of sp³-hybridized carbons (Fsp3) is 0.308. The molecular formula is C13H12N2. The van der Waals surface area contributed by atoms with Crippen LogP contribution < -0.4 is 5.32 Å². The number of hydrogen-bond donors (Lipinski definition) is 1. The van der Waals surface area contributed by atoms with E-state index in [1.54, 1.807) is 0 Å². The van der Waals surface area contributed by atoms with Gasteiger partial charge in [-0.1, -0.05) is 12.0 Å². The zero-order chi connectivity index (χ0) is 10.7. The van der Waals surface area contributed by atoms with Crippen molar-refractivity contribution in [3.05, 3.63) is 29.8 Å². The highest BCUT2D eigenvalue weighted by Gasteiger charge is 2.28. The van der Waals surface area contributed by atoms with E-state index in [4.69, 9.17) is 11.7 Å². The summed E-state index contributed by atoms with van der Waals surface area (Å²) in [5.74, 6) is 2.84. The molecule has 0 bridgehead atoms. The monoisotopic (exact) mass is 196 g/mol. The second-order valence-electron chi connectivity index (χ2n) is 3.86. The van der Waals surface area contributed by atoms with Crippen LogP contribution >= 0.6 is 0 Å². The van der Waals surface area contributed by atoms with Gasteiger partial charge in [0, 0.05) is 17.3 Å². The van der Waals surface area contributed by atoms with E-state index in [-0.39, 0.29) is 5.92 Å². The van der Waals surface area contributed by atoms with Crippen LogP contribution in [0.4, 0.5) is 5.69 Å². The molecule has 74 valence electrons. The molecule has 0 unspecified atom stereocenters. The van der Waals surface area contributed by atoms with Gasteiger partial charge in [0.15, 0.2) is 0 Å². The van der Waals surface area contributed by atoms with Gasteiger partial charge in [0.05, 0.1) is 12.0 Å². The minimum atomic E-state index is 0.235. The Kier molecular flexibility index (Phi) is 2.61. The molecule has 1 aromatic carbocycles. The number of nitrogens with zero attached hydrogens (tertiary/aromatic N) is 1. The van der Waals surface area contributed by atoms with Gasteiger partial charge in [-0.25, -0.2) is 0 Å². The van der Waals surface area contributed by atoms with Crippen LogP contribution in [0.1, 0.15) is 18.4 Å². The Bertz CT molecular complexity index is 431. The standard InChI is InChI=1S/C13H12N2/c1-2-10-4-3-5-12(6-10)15-13-7-11(8-13)9-14/h1,3-6,11,13,15H,7-8H2. The predicted molar refractivity (Wildman–Crippen MR) is 60.1 cm³/mol. The molecule has 0 saturated heterocycles. The van der Waals surface area contributed by atoms with Crippen LogP contribution in [0.5, 0.6) is 0 Å². The molecular weight excluding hydrogens is 184 g/mol. The molecule has 1 N–H and O–H groups in total. The van der Waals surface area contributed by atoms with Gasteiger partial charge in [-0.15, -0.1) is 6.42 Å². The minimum absolute atomic E-state index is 0.235. The Morgan fingerprint density at radius 2 is 2.20 bits per heavy atom. The first-order chi connectivity index (χ1) is 7.31. The number of nitrogens with one attached hydrogen (secondary N) is 1. The highest BCUT2D eigenvalue weighted by atomic mass is 14.9. The highest BCUT2D eigenvalue weighted by molar-refractivity contribution is 5.50. The van der Waals surface area contributed by atoms with Crippen molar-refractivity contribution in [2.24, 2.45) is 5.92 Å². The molecule has 0 aliphatic heterocycles. The van der Waals surface area contributed by atoms with Crippen molar-refractivity contribution in [2.75, 3.05) is 5.32 Å². The summed E-state index contributed by atoms with van der Waals surface area (Å²) in [5.41, 5.74) is 1.93. The van der Waals surface area contributed by atoms with Gasteiger partial charge < -0.3 is 5.32 Å².